The van der Waals surface area contributed by atoms with Gasteiger partial charge in [0.25, 0.3) is 0 Å². The third kappa shape index (κ3) is 12.5. The molecule has 0 aliphatic carbocycles. The first-order valence-electron chi connectivity index (χ1n) is 13.4. The van der Waals surface area contributed by atoms with Crippen molar-refractivity contribution < 1.29 is 23.8 Å². The number of ether oxygens (including phenoxy) is 3. The second kappa shape index (κ2) is 17.9. The number of benzene rings is 3. The van der Waals surface area contributed by atoms with Gasteiger partial charge in [0.05, 0.1) is 46.3 Å². The molecule has 0 saturated carbocycles. The number of quaternary nitrogens is 1. The SMILES string of the molecule is C.C.C[N+](C)(C)c1ccc(CC(=O)OCCCCCCCCOc2ccc(OC(=O)c3ccccc3)cc2)cc1. The highest BCUT2D eigenvalue weighted by molar-refractivity contribution is 5.90. The Kier molecular flexibility index (Phi) is 15.3. The Hall–Kier alpha value is -3.64. The maximum atomic E-state index is 12.1. The molecule has 0 heterocycles. The van der Waals surface area contributed by atoms with Gasteiger partial charge in [0.15, 0.2) is 0 Å². The molecule has 0 amide bonds. The normalized spacial score (nSPS) is 10.6. The van der Waals surface area contributed by atoms with Crippen molar-refractivity contribution in [1.82, 2.24) is 4.48 Å². The average Bonchev–Trinajstić information content (AvgIpc) is 2.91. The highest BCUT2D eigenvalue weighted by Gasteiger charge is 2.12. The summed E-state index contributed by atoms with van der Waals surface area (Å²) in [5.74, 6) is 0.711. The molecule has 0 aliphatic heterocycles. The fourth-order valence-electron chi connectivity index (χ4n) is 3.91. The first-order valence-corrected chi connectivity index (χ1v) is 13.4. The maximum Gasteiger partial charge on any atom is 0.343 e. The number of unbranched alkanes of at least 4 members (excludes halogenated alkanes) is 5. The van der Waals surface area contributed by atoms with Crippen molar-refractivity contribution in [2.45, 2.75) is 59.8 Å². The molecular formula is C34H48NO5+. The summed E-state index contributed by atoms with van der Waals surface area (Å²) < 4.78 is 17.3. The van der Waals surface area contributed by atoms with E-state index in [4.69, 9.17) is 14.2 Å². The number of rotatable bonds is 15. The predicted octanol–water partition coefficient (Wildman–Crippen LogP) is 7.88. The van der Waals surface area contributed by atoms with Crippen LogP contribution in [0.5, 0.6) is 11.5 Å². The summed E-state index contributed by atoms with van der Waals surface area (Å²) in [6.07, 6.45) is 6.58. The van der Waals surface area contributed by atoms with Crippen LogP contribution in [0.2, 0.25) is 0 Å². The molecule has 0 bridgehead atoms. The lowest BCUT2D eigenvalue weighted by molar-refractivity contribution is -0.142. The highest BCUT2D eigenvalue weighted by Crippen LogP contribution is 2.20. The van der Waals surface area contributed by atoms with Gasteiger partial charge < -0.3 is 14.2 Å². The molecule has 0 atom stereocenters. The van der Waals surface area contributed by atoms with Crippen molar-refractivity contribution in [3.63, 3.8) is 0 Å². The maximum absolute atomic E-state index is 12.1. The minimum Gasteiger partial charge on any atom is -0.494 e. The van der Waals surface area contributed by atoms with Gasteiger partial charge in [-0.15, -0.1) is 0 Å². The molecule has 3 aromatic carbocycles. The zero-order valence-corrected chi connectivity index (χ0v) is 22.9. The number of esters is 2. The summed E-state index contributed by atoms with van der Waals surface area (Å²) in [4.78, 5) is 24.2. The van der Waals surface area contributed by atoms with Gasteiger partial charge in [-0.1, -0.05) is 70.9 Å². The van der Waals surface area contributed by atoms with Crippen molar-refractivity contribution in [2.24, 2.45) is 0 Å². The molecule has 0 saturated heterocycles. The Bertz CT molecular complexity index is 1120. The van der Waals surface area contributed by atoms with Gasteiger partial charge in [-0.05, 0) is 66.9 Å². The standard InChI is InChI=1S/C32H40NO5.2CH4/c1-33(2,3)28-17-15-26(16-18-28)25-31(34)37-24-12-7-5-4-6-11-23-36-29-19-21-30(22-20-29)38-32(35)27-13-9-8-10-14-27;;/h8-10,13-22H,4-7,11-12,23-25H2,1-3H3;2*1H4/q+1;;. The molecule has 0 aliphatic rings. The number of carbonyl (C=O) groups excluding carboxylic acids is 2. The molecule has 0 aromatic heterocycles. The second-order valence-corrected chi connectivity index (χ2v) is 10.3. The van der Waals surface area contributed by atoms with E-state index in [0.717, 1.165) is 54.3 Å². The van der Waals surface area contributed by atoms with E-state index in [2.05, 4.69) is 33.3 Å². The molecule has 0 spiro atoms. The predicted molar refractivity (Wildman–Crippen MR) is 165 cm³/mol. The van der Waals surface area contributed by atoms with Crippen LogP contribution in [0.15, 0.2) is 78.9 Å². The van der Waals surface area contributed by atoms with Gasteiger partial charge in [0.1, 0.15) is 17.2 Å². The minimum absolute atomic E-state index is 0. The third-order valence-corrected chi connectivity index (χ3v) is 6.17. The van der Waals surface area contributed by atoms with Gasteiger partial charge in [-0.25, -0.2) is 4.79 Å². The lowest BCUT2D eigenvalue weighted by Crippen LogP contribution is -2.34. The largest absolute Gasteiger partial charge is 0.494 e. The van der Waals surface area contributed by atoms with Crippen molar-refractivity contribution >= 4 is 17.6 Å². The molecule has 0 radical (unpaired) electrons. The molecule has 0 fully saturated rings. The quantitative estimate of drug-likeness (QED) is 0.0834. The fourth-order valence-corrected chi connectivity index (χ4v) is 3.91. The third-order valence-electron chi connectivity index (χ3n) is 6.17. The van der Waals surface area contributed by atoms with E-state index in [0.29, 0.717) is 30.9 Å². The summed E-state index contributed by atoms with van der Waals surface area (Å²) >= 11 is 0. The summed E-state index contributed by atoms with van der Waals surface area (Å²) in [6, 6.07) is 24.2. The van der Waals surface area contributed by atoms with Gasteiger partial charge in [0, 0.05) is 0 Å². The first-order chi connectivity index (χ1) is 18.3. The first kappa shape index (κ1) is 34.4. The van der Waals surface area contributed by atoms with Crippen LogP contribution < -0.4 is 14.0 Å². The molecule has 0 N–H and O–H groups in total. The van der Waals surface area contributed by atoms with E-state index < -0.39 is 0 Å². The number of carbonyl (C=O) groups is 2. The number of hydrogen-bond acceptors (Lipinski definition) is 5. The van der Waals surface area contributed by atoms with Gasteiger partial charge >= 0.3 is 11.9 Å². The molecule has 40 heavy (non-hydrogen) atoms. The van der Waals surface area contributed by atoms with E-state index >= 15 is 0 Å². The summed E-state index contributed by atoms with van der Waals surface area (Å²) in [5.41, 5.74) is 2.70. The van der Waals surface area contributed by atoms with E-state index in [-0.39, 0.29) is 26.8 Å². The second-order valence-electron chi connectivity index (χ2n) is 10.3. The lowest BCUT2D eigenvalue weighted by Gasteiger charge is -2.23. The Balaban J connectivity index is 0.00000400. The van der Waals surface area contributed by atoms with Crippen molar-refractivity contribution in [3.8, 4) is 11.5 Å². The molecule has 3 aromatic rings. The van der Waals surface area contributed by atoms with Crippen LogP contribution in [-0.2, 0) is 16.0 Å². The van der Waals surface area contributed by atoms with Gasteiger partial charge in [0.2, 0.25) is 0 Å². The van der Waals surface area contributed by atoms with Crippen molar-refractivity contribution in [2.75, 3.05) is 34.4 Å². The van der Waals surface area contributed by atoms with E-state index in [9.17, 15) is 9.59 Å². The topological polar surface area (TPSA) is 61.8 Å². The van der Waals surface area contributed by atoms with Crippen LogP contribution in [0, 0.1) is 0 Å². The molecule has 0 unspecified atom stereocenters. The molecule has 218 valence electrons. The minimum atomic E-state index is -0.376. The van der Waals surface area contributed by atoms with Crippen LogP contribution in [0.1, 0.15) is 69.3 Å². The van der Waals surface area contributed by atoms with Crippen molar-refractivity contribution in [1.29, 1.82) is 0 Å². The number of hydrogen-bond donors (Lipinski definition) is 0. The van der Waals surface area contributed by atoms with Crippen LogP contribution in [0.4, 0.5) is 5.69 Å². The number of nitrogens with zero attached hydrogens (tertiary/aromatic N) is 1. The smallest absolute Gasteiger partial charge is 0.343 e. The van der Waals surface area contributed by atoms with Crippen molar-refractivity contribution in [3.05, 3.63) is 90.0 Å². The summed E-state index contributed by atoms with van der Waals surface area (Å²) in [7, 11) is 6.35. The molecule has 6 heteroatoms. The van der Waals surface area contributed by atoms with E-state index in [1.54, 1.807) is 36.4 Å². The average molecular weight is 551 g/mol. The van der Waals surface area contributed by atoms with Crippen LogP contribution >= 0.6 is 0 Å². The van der Waals surface area contributed by atoms with E-state index in [1.165, 1.54) is 5.69 Å². The van der Waals surface area contributed by atoms with Crippen LogP contribution in [0.25, 0.3) is 0 Å². The summed E-state index contributed by atoms with van der Waals surface area (Å²) in [6.45, 7) is 1.13. The monoisotopic (exact) mass is 550 g/mol. The van der Waals surface area contributed by atoms with Crippen LogP contribution in [0.3, 0.4) is 0 Å². The Morgan fingerprint density at radius 1 is 0.650 bits per heavy atom. The highest BCUT2D eigenvalue weighted by atomic mass is 16.5. The molecule has 3 rings (SSSR count). The Labute approximate surface area is 241 Å². The molecule has 6 nitrogen and oxygen atoms in total. The zero-order chi connectivity index (χ0) is 27.2. The Morgan fingerprint density at radius 3 is 1.80 bits per heavy atom. The lowest BCUT2D eigenvalue weighted by atomic mass is 10.1. The van der Waals surface area contributed by atoms with Crippen LogP contribution in [-0.4, -0.2) is 46.3 Å². The van der Waals surface area contributed by atoms with E-state index in [1.807, 2.05) is 30.3 Å². The summed E-state index contributed by atoms with van der Waals surface area (Å²) in [5, 5.41) is 0. The fraction of sp³-hybridized carbons (Fsp3) is 0.412. The Morgan fingerprint density at radius 2 is 1.20 bits per heavy atom. The zero-order valence-electron chi connectivity index (χ0n) is 22.9. The van der Waals surface area contributed by atoms with Gasteiger partial charge in [-0.3, -0.25) is 9.28 Å². The molecular weight excluding hydrogens is 502 g/mol. The van der Waals surface area contributed by atoms with Gasteiger partial charge in [-0.2, -0.15) is 0 Å².